The van der Waals surface area contributed by atoms with E-state index in [2.05, 4.69) is 0 Å². The number of hydrogen-bond donors (Lipinski definition) is 9. The maximum atomic E-state index is 12.3. The van der Waals surface area contributed by atoms with Gasteiger partial charge in [-0.15, -0.1) is 0 Å². The minimum absolute atomic E-state index is 0.171. The molecule has 0 amide bonds. The summed E-state index contributed by atoms with van der Waals surface area (Å²) < 4.78 is 22.9. The van der Waals surface area contributed by atoms with Crippen molar-refractivity contribution in [1.29, 1.82) is 0 Å². The molecule has 49 heavy (non-hydrogen) atoms. The van der Waals surface area contributed by atoms with Crippen molar-refractivity contribution in [3.63, 3.8) is 0 Å². The highest BCUT2D eigenvalue weighted by molar-refractivity contribution is 5.82. The molecule has 2 fully saturated rings. The van der Waals surface area contributed by atoms with Crippen LogP contribution < -0.4 is 5.73 Å². The number of carboxylic acid groups (broad SMARTS) is 1. The number of aliphatic hydroxyl groups excluding tert-OH is 6. The van der Waals surface area contributed by atoms with Gasteiger partial charge in [-0.1, -0.05) is 55.5 Å². The Balaban J connectivity index is 1.94. The molecule has 3 aliphatic rings. The first-order chi connectivity index (χ1) is 23.0. The second kappa shape index (κ2) is 18.4. The van der Waals surface area contributed by atoms with E-state index in [1.54, 1.807) is 50.3 Å². The number of hydrogen-bond acceptors (Lipinski definition) is 14. The Labute approximate surface area is 285 Å². The molecule has 2 saturated heterocycles. The first-order valence-corrected chi connectivity index (χ1v) is 16.4. The van der Waals surface area contributed by atoms with Crippen LogP contribution in [0.4, 0.5) is 0 Å². The normalized spacial score (nSPS) is 46.7. The molecular weight excluding hydrogens is 646 g/mol. The van der Waals surface area contributed by atoms with Crippen molar-refractivity contribution >= 4 is 11.9 Å². The second-order valence-electron chi connectivity index (χ2n) is 13.0. The van der Waals surface area contributed by atoms with Crippen LogP contribution in [-0.2, 0) is 28.5 Å². The Bertz CT molecular complexity index is 1240. The van der Waals surface area contributed by atoms with E-state index in [0.717, 1.165) is 12.2 Å². The summed E-state index contributed by atoms with van der Waals surface area (Å²) in [6.07, 6.45) is -0.575. The number of aliphatic carboxylic acids is 1. The molecule has 0 aliphatic carbocycles. The van der Waals surface area contributed by atoms with E-state index in [1.807, 2.05) is 13.0 Å². The van der Waals surface area contributed by atoms with Crippen molar-refractivity contribution in [3.8, 4) is 0 Å². The van der Waals surface area contributed by atoms with Crippen LogP contribution in [0, 0.1) is 11.8 Å². The van der Waals surface area contributed by atoms with Crippen LogP contribution in [0.2, 0.25) is 0 Å². The topological polar surface area (TPSA) is 259 Å². The number of carbonyl (C=O) groups is 2. The maximum absolute atomic E-state index is 12.3. The lowest BCUT2D eigenvalue weighted by atomic mass is 9.82. The van der Waals surface area contributed by atoms with Crippen LogP contribution in [0.5, 0.6) is 0 Å². The molecule has 15 nitrogen and oxygen atoms in total. The second-order valence-corrected chi connectivity index (χ2v) is 13.0. The number of esters is 1. The van der Waals surface area contributed by atoms with Gasteiger partial charge in [0.25, 0.3) is 0 Å². The van der Waals surface area contributed by atoms with Gasteiger partial charge in [0.15, 0.2) is 12.1 Å². The van der Waals surface area contributed by atoms with E-state index < -0.39 is 116 Å². The van der Waals surface area contributed by atoms with Gasteiger partial charge < -0.3 is 65.5 Å². The van der Waals surface area contributed by atoms with Crippen molar-refractivity contribution in [1.82, 2.24) is 0 Å². The highest BCUT2D eigenvalue weighted by Gasteiger charge is 2.51. The SMILES string of the molecule is CC1\C=C/C=C\C=C/C=C\C(O[C@@H]2O[C@H](C)[C@@H](O)[C@H](N)[C@@H]2O)CC2OC(O)(CC(O)CC(O)C(O)/C=C/C(=O)OC1C)CC(O)C2C(=O)O. The van der Waals surface area contributed by atoms with Gasteiger partial charge in [-0.2, -0.15) is 0 Å². The Morgan fingerprint density at radius 1 is 0.857 bits per heavy atom. The molecule has 10 N–H and O–H groups in total. The van der Waals surface area contributed by atoms with Crippen molar-refractivity contribution < 1.29 is 69.4 Å². The third kappa shape index (κ3) is 11.9. The van der Waals surface area contributed by atoms with Gasteiger partial charge in [0, 0.05) is 37.7 Å². The molecule has 3 aliphatic heterocycles. The molecule has 3 rings (SSSR count). The van der Waals surface area contributed by atoms with E-state index in [9.17, 15) is 50.4 Å². The molecule has 3 heterocycles. The lowest BCUT2D eigenvalue weighted by Gasteiger charge is -2.45. The Morgan fingerprint density at radius 2 is 1.49 bits per heavy atom. The van der Waals surface area contributed by atoms with Gasteiger partial charge in [0.2, 0.25) is 0 Å². The van der Waals surface area contributed by atoms with Crippen LogP contribution >= 0.6 is 0 Å². The van der Waals surface area contributed by atoms with E-state index in [1.165, 1.54) is 6.08 Å². The van der Waals surface area contributed by atoms with E-state index in [4.69, 9.17) is 24.7 Å². The third-order valence-corrected chi connectivity index (χ3v) is 8.90. The van der Waals surface area contributed by atoms with Gasteiger partial charge >= 0.3 is 11.9 Å². The number of cyclic esters (lactones) is 1. The molecule has 0 saturated carbocycles. The van der Waals surface area contributed by atoms with Gasteiger partial charge in [0.1, 0.15) is 18.1 Å². The number of ether oxygens (including phenoxy) is 4. The predicted molar refractivity (Wildman–Crippen MR) is 173 cm³/mol. The zero-order valence-corrected chi connectivity index (χ0v) is 27.8. The van der Waals surface area contributed by atoms with E-state index in [-0.39, 0.29) is 12.3 Å². The number of aliphatic hydroxyl groups is 7. The number of carboxylic acids is 1. The molecular formula is C34H51NO14. The minimum Gasteiger partial charge on any atom is -0.481 e. The zero-order valence-electron chi connectivity index (χ0n) is 27.8. The van der Waals surface area contributed by atoms with Crippen LogP contribution in [0.1, 0.15) is 46.5 Å². The van der Waals surface area contributed by atoms with Crippen LogP contribution in [0.25, 0.3) is 0 Å². The van der Waals surface area contributed by atoms with Crippen molar-refractivity contribution in [2.75, 3.05) is 0 Å². The standard InChI is InChI=1S/C34H51NO14/c1-18-10-8-6-4-5-7-9-11-22(48-33-31(42)29(35)30(41)20(3)47-33)15-26-28(32(43)44)25(39)17-34(45,49-26)16-21(36)14-24(38)23(37)12-13-27(40)46-19(18)2/h4-13,18-26,28-31,33,36-39,41-42,45H,14-17,35H2,1-3H3,(H,43,44)/b6-4-,7-5-,10-8-,11-9-,13-12+/t18?,19?,20-,21?,22?,23?,24?,25?,26?,28?,29+,30-,31+,33+,34?/m1/s1. The molecule has 0 spiro atoms. The first kappa shape index (κ1) is 40.6. The molecule has 15 heteroatoms. The number of carbonyl (C=O) groups excluding carboxylic acids is 1. The van der Waals surface area contributed by atoms with Crippen LogP contribution in [0.15, 0.2) is 60.8 Å². The van der Waals surface area contributed by atoms with Gasteiger partial charge in [-0.25, -0.2) is 4.79 Å². The predicted octanol–water partition coefficient (Wildman–Crippen LogP) is -0.680. The highest BCUT2D eigenvalue weighted by atomic mass is 16.7. The molecule has 0 aromatic rings. The van der Waals surface area contributed by atoms with Gasteiger partial charge in [-0.3, -0.25) is 4.79 Å². The Hall–Kier alpha value is -2.80. The molecule has 0 aromatic heterocycles. The lowest BCUT2D eigenvalue weighted by Crippen LogP contribution is -2.61. The Kier molecular flexibility index (Phi) is 15.3. The average molecular weight is 698 g/mol. The average Bonchev–Trinajstić information content (AvgIpc) is 3.00. The summed E-state index contributed by atoms with van der Waals surface area (Å²) in [5.74, 6) is -6.15. The summed E-state index contributed by atoms with van der Waals surface area (Å²) >= 11 is 0. The van der Waals surface area contributed by atoms with Crippen LogP contribution in [0.3, 0.4) is 0 Å². The summed E-state index contributed by atoms with van der Waals surface area (Å²) in [5.41, 5.74) is 5.96. The molecule has 0 radical (unpaired) electrons. The van der Waals surface area contributed by atoms with Crippen LogP contribution in [-0.4, -0.2) is 132 Å². The number of allylic oxidation sites excluding steroid dienone is 6. The fraction of sp³-hybridized carbons (Fsp3) is 0.647. The van der Waals surface area contributed by atoms with Crippen molar-refractivity contribution in [2.45, 2.75) is 126 Å². The largest absolute Gasteiger partial charge is 0.481 e. The molecule has 0 aromatic carbocycles. The van der Waals surface area contributed by atoms with E-state index >= 15 is 0 Å². The zero-order chi connectivity index (χ0) is 36.5. The van der Waals surface area contributed by atoms with Gasteiger partial charge in [-0.05, 0) is 19.9 Å². The van der Waals surface area contributed by atoms with Gasteiger partial charge in [0.05, 0.1) is 54.9 Å². The number of nitrogens with two attached hydrogens (primary N) is 1. The third-order valence-electron chi connectivity index (χ3n) is 8.90. The summed E-state index contributed by atoms with van der Waals surface area (Å²) in [6, 6.07) is -1.11. The fourth-order valence-electron chi connectivity index (χ4n) is 5.86. The quantitative estimate of drug-likeness (QED) is 0.166. The number of rotatable bonds is 3. The first-order valence-electron chi connectivity index (χ1n) is 16.4. The summed E-state index contributed by atoms with van der Waals surface area (Å²) in [5, 5.41) is 84.7. The summed E-state index contributed by atoms with van der Waals surface area (Å²) in [6.45, 7) is 5.09. The van der Waals surface area contributed by atoms with Crippen molar-refractivity contribution in [2.24, 2.45) is 17.6 Å². The fourth-order valence-corrected chi connectivity index (χ4v) is 5.86. The number of fused-ring (bicyclic) bond motifs is 2. The molecule has 276 valence electrons. The molecule has 15 atom stereocenters. The molecule has 10 unspecified atom stereocenters. The summed E-state index contributed by atoms with van der Waals surface area (Å²) in [7, 11) is 0. The minimum atomic E-state index is -2.27. The molecule has 2 bridgehead atoms. The summed E-state index contributed by atoms with van der Waals surface area (Å²) in [4.78, 5) is 24.5. The Morgan fingerprint density at radius 3 is 2.14 bits per heavy atom. The van der Waals surface area contributed by atoms with Crippen molar-refractivity contribution in [3.05, 3.63) is 60.8 Å². The monoisotopic (exact) mass is 697 g/mol. The lowest BCUT2D eigenvalue weighted by molar-refractivity contribution is -0.308. The highest BCUT2D eigenvalue weighted by Crippen LogP contribution is 2.38. The smallest absolute Gasteiger partial charge is 0.330 e. The van der Waals surface area contributed by atoms with E-state index in [0.29, 0.717) is 0 Å². The maximum Gasteiger partial charge on any atom is 0.330 e.